The second-order valence-corrected chi connectivity index (χ2v) is 8.42. The third-order valence-electron chi connectivity index (χ3n) is 5.76. The fraction of sp³-hybridized carbons (Fsp3) is 0.200. The number of anilines is 1. The molecule has 1 unspecified atom stereocenters. The molecule has 2 aliphatic heterocycles. The number of furan rings is 1. The van der Waals surface area contributed by atoms with Crippen molar-refractivity contribution in [3.63, 3.8) is 0 Å². The van der Waals surface area contributed by atoms with Crippen molar-refractivity contribution < 1.29 is 14.0 Å². The number of amides is 2. The fourth-order valence-electron chi connectivity index (χ4n) is 4.09. The third kappa shape index (κ3) is 4.20. The molecule has 2 aromatic carbocycles. The molecule has 3 N–H and O–H groups in total. The van der Waals surface area contributed by atoms with Crippen molar-refractivity contribution in [1.82, 2.24) is 10.6 Å². The van der Waals surface area contributed by atoms with Crippen molar-refractivity contribution in [2.45, 2.75) is 18.9 Å². The summed E-state index contributed by atoms with van der Waals surface area (Å²) in [6.45, 7) is 1.63. The van der Waals surface area contributed by atoms with Gasteiger partial charge in [-0.25, -0.2) is 0 Å². The van der Waals surface area contributed by atoms with Crippen molar-refractivity contribution in [3.05, 3.63) is 76.5 Å². The predicted octanol–water partition coefficient (Wildman–Crippen LogP) is 4.57. The topological polar surface area (TPSA) is 83.4 Å². The molecule has 0 bridgehead atoms. The number of benzene rings is 2. The summed E-state index contributed by atoms with van der Waals surface area (Å²) in [5.41, 5.74) is 3.34. The van der Waals surface area contributed by atoms with E-state index in [1.807, 2.05) is 24.3 Å². The smallest absolute Gasteiger partial charge is 0.256 e. The summed E-state index contributed by atoms with van der Waals surface area (Å²) in [6, 6.07) is 16.6. The summed E-state index contributed by atoms with van der Waals surface area (Å²) in [7, 11) is 0. The maximum atomic E-state index is 12.6. The lowest BCUT2D eigenvalue weighted by atomic mass is 10.1. The first-order valence-corrected chi connectivity index (χ1v) is 11.0. The van der Waals surface area contributed by atoms with Gasteiger partial charge < -0.3 is 20.4 Å². The largest absolute Gasteiger partial charge is 0.457 e. The molecular formula is C25H22ClN3O3. The average Bonchev–Trinajstić information content (AvgIpc) is 3.54. The zero-order chi connectivity index (χ0) is 22.1. The Kier molecular flexibility index (Phi) is 5.55. The standard InChI is InChI=1S/C25H22ClN3O3/c26-17-6-8-22-20(12-17)21(25(31)29-22)13-19-7-9-23(32-19)15-3-1-4-16(11-15)24(30)28-14-18-5-2-10-27-18/h1,3-4,6-9,11-13,18,27H,2,5,10,14H2,(H,28,30)(H,29,31)/b21-13+. The van der Waals surface area contributed by atoms with E-state index < -0.39 is 0 Å². The highest BCUT2D eigenvalue weighted by atomic mass is 35.5. The molecule has 1 atom stereocenters. The van der Waals surface area contributed by atoms with Crippen molar-refractivity contribution in [2.75, 3.05) is 18.4 Å². The van der Waals surface area contributed by atoms with Gasteiger partial charge in [-0.2, -0.15) is 0 Å². The second-order valence-electron chi connectivity index (χ2n) is 7.99. The third-order valence-corrected chi connectivity index (χ3v) is 5.99. The van der Waals surface area contributed by atoms with Gasteiger partial charge in [0, 0.05) is 40.0 Å². The van der Waals surface area contributed by atoms with Gasteiger partial charge in [0.1, 0.15) is 11.5 Å². The molecule has 32 heavy (non-hydrogen) atoms. The van der Waals surface area contributed by atoms with Gasteiger partial charge in [0.2, 0.25) is 0 Å². The van der Waals surface area contributed by atoms with E-state index in [-0.39, 0.29) is 11.8 Å². The number of halogens is 1. The summed E-state index contributed by atoms with van der Waals surface area (Å²) in [5, 5.41) is 9.76. The van der Waals surface area contributed by atoms with E-state index in [1.165, 1.54) is 0 Å². The number of carbonyl (C=O) groups excluding carboxylic acids is 2. The van der Waals surface area contributed by atoms with E-state index in [1.54, 1.807) is 36.4 Å². The SMILES string of the molecule is O=C1Nc2ccc(Cl)cc2/C1=C\c1ccc(-c2cccc(C(=O)NCC3CCCN3)c2)o1. The monoisotopic (exact) mass is 447 g/mol. The summed E-state index contributed by atoms with van der Waals surface area (Å²) >= 11 is 6.10. The minimum Gasteiger partial charge on any atom is -0.457 e. The lowest BCUT2D eigenvalue weighted by Crippen LogP contribution is -2.37. The molecule has 0 saturated carbocycles. The fourth-order valence-corrected chi connectivity index (χ4v) is 4.27. The molecule has 3 heterocycles. The maximum absolute atomic E-state index is 12.6. The highest BCUT2D eigenvalue weighted by Crippen LogP contribution is 2.35. The number of hydrogen-bond acceptors (Lipinski definition) is 4. The Balaban J connectivity index is 1.35. The van der Waals surface area contributed by atoms with E-state index in [2.05, 4.69) is 16.0 Å². The molecule has 0 radical (unpaired) electrons. The van der Waals surface area contributed by atoms with Crippen LogP contribution in [0.4, 0.5) is 5.69 Å². The van der Waals surface area contributed by atoms with Crippen molar-refractivity contribution in [1.29, 1.82) is 0 Å². The quantitative estimate of drug-likeness (QED) is 0.500. The molecule has 6 nitrogen and oxygen atoms in total. The van der Waals surface area contributed by atoms with E-state index in [0.29, 0.717) is 40.3 Å². The first-order chi connectivity index (χ1) is 15.6. The van der Waals surface area contributed by atoms with Crippen LogP contribution in [0.25, 0.3) is 23.0 Å². The van der Waals surface area contributed by atoms with Crippen LogP contribution in [0.3, 0.4) is 0 Å². The number of fused-ring (bicyclic) bond motifs is 1. The van der Waals surface area contributed by atoms with E-state index in [4.69, 9.17) is 16.0 Å². The average molecular weight is 448 g/mol. The van der Waals surface area contributed by atoms with Crippen LogP contribution >= 0.6 is 11.6 Å². The number of hydrogen-bond donors (Lipinski definition) is 3. The summed E-state index contributed by atoms with van der Waals surface area (Å²) in [4.78, 5) is 25.0. The van der Waals surface area contributed by atoms with E-state index in [0.717, 1.165) is 36.2 Å². The zero-order valence-electron chi connectivity index (χ0n) is 17.3. The van der Waals surface area contributed by atoms with Gasteiger partial charge >= 0.3 is 0 Å². The Morgan fingerprint density at radius 3 is 2.94 bits per heavy atom. The molecule has 3 aromatic rings. The van der Waals surface area contributed by atoms with Gasteiger partial charge in [-0.05, 0) is 67.9 Å². The van der Waals surface area contributed by atoms with Gasteiger partial charge in [0.05, 0.1) is 5.57 Å². The van der Waals surface area contributed by atoms with Gasteiger partial charge in [-0.1, -0.05) is 23.7 Å². The van der Waals surface area contributed by atoms with Crippen molar-refractivity contribution in [3.8, 4) is 11.3 Å². The molecule has 162 valence electrons. The normalized spacial score (nSPS) is 18.6. The first kappa shape index (κ1) is 20.5. The van der Waals surface area contributed by atoms with Crippen LogP contribution < -0.4 is 16.0 Å². The Bertz CT molecular complexity index is 1220. The number of nitrogens with one attached hydrogen (secondary N) is 3. The highest BCUT2D eigenvalue weighted by Gasteiger charge is 2.24. The number of carbonyl (C=O) groups is 2. The Labute approximate surface area is 190 Å². The Morgan fingerprint density at radius 1 is 1.19 bits per heavy atom. The van der Waals surface area contributed by atoms with Crippen LogP contribution in [0.15, 0.2) is 59.0 Å². The van der Waals surface area contributed by atoms with Crippen LogP contribution in [0.5, 0.6) is 0 Å². The predicted molar refractivity (Wildman–Crippen MR) is 125 cm³/mol. The summed E-state index contributed by atoms with van der Waals surface area (Å²) < 4.78 is 5.97. The van der Waals surface area contributed by atoms with Gasteiger partial charge in [0.15, 0.2) is 0 Å². The van der Waals surface area contributed by atoms with Crippen molar-refractivity contribution >= 4 is 40.8 Å². The first-order valence-electron chi connectivity index (χ1n) is 10.6. The molecule has 1 aromatic heterocycles. The van der Waals surface area contributed by atoms with E-state index in [9.17, 15) is 9.59 Å². The van der Waals surface area contributed by atoms with Crippen LogP contribution in [0.1, 0.15) is 34.5 Å². The van der Waals surface area contributed by atoms with Crippen molar-refractivity contribution in [2.24, 2.45) is 0 Å². The molecule has 2 aliphatic rings. The minimum absolute atomic E-state index is 0.106. The molecule has 1 fully saturated rings. The van der Waals surface area contributed by atoms with Gasteiger partial charge in [-0.3, -0.25) is 9.59 Å². The Hall–Kier alpha value is -3.35. The molecule has 0 aliphatic carbocycles. The lowest BCUT2D eigenvalue weighted by Gasteiger charge is -2.11. The molecule has 0 spiro atoms. The van der Waals surface area contributed by atoms with Crippen LogP contribution in [-0.2, 0) is 4.79 Å². The molecule has 5 rings (SSSR count). The second kappa shape index (κ2) is 8.65. The maximum Gasteiger partial charge on any atom is 0.256 e. The van der Waals surface area contributed by atoms with Gasteiger partial charge in [0.25, 0.3) is 11.8 Å². The number of rotatable bonds is 5. The minimum atomic E-state index is -0.198. The molecule has 7 heteroatoms. The van der Waals surface area contributed by atoms with Gasteiger partial charge in [-0.15, -0.1) is 0 Å². The highest BCUT2D eigenvalue weighted by molar-refractivity contribution is 6.36. The van der Waals surface area contributed by atoms with Crippen LogP contribution in [-0.4, -0.2) is 30.9 Å². The summed E-state index contributed by atoms with van der Waals surface area (Å²) in [6.07, 6.45) is 3.93. The molecule has 2 amide bonds. The van der Waals surface area contributed by atoms with E-state index >= 15 is 0 Å². The molecule has 1 saturated heterocycles. The summed E-state index contributed by atoms with van der Waals surface area (Å²) in [5.74, 6) is 0.856. The Morgan fingerprint density at radius 2 is 2.09 bits per heavy atom. The lowest BCUT2D eigenvalue weighted by molar-refractivity contribution is -0.110. The van der Waals surface area contributed by atoms with Crippen LogP contribution in [0, 0.1) is 0 Å². The van der Waals surface area contributed by atoms with Crippen LogP contribution in [0.2, 0.25) is 5.02 Å². The molecular weight excluding hydrogens is 426 g/mol. The zero-order valence-corrected chi connectivity index (χ0v) is 18.0.